The van der Waals surface area contributed by atoms with Gasteiger partial charge in [-0.25, -0.2) is 4.98 Å². The van der Waals surface area contributed by atoms with Crippen LogP contribution in [0.1, 0.15) is 10.4 Å². The van der Waals surface area contributed by atoms with Crippen molar-refractivity contribution in [2.24, 2.45) is 0 Å². The Hall–Kier alpha value is -1.89. The van der Waals surface area contributed by atoms with Crippen LogP contribution in [-0.4, -0.2) is 10.9 Å². The largest absolute Gasteiger partial charge is 0.273 e. The third-order valence-corrected chi connectivity index (χ3v) is 4.57. The molecular weight excluding hydrogens is 398 g/mol. The average Bonchev–Trinajstić information content (AvgIpc) is 3.03. The van der Waals surface area contributed by atoms with Crippen LogP contribution in [0.4, 0.5) is 5.13 Å². The lowest BCUT2D eigenvalue weighted by Gasteiger charge is -2.05. The van der Waals surface area contributed by atoms with Crippen LogP contribution in [0.2, 0.25) is 5.02 Å². The van der Waals surface area contributed by atoms with Gasteiger partial charge in [-0.15, -0.1) is 11.3 Å². The fourth-order valence-electron chi connectivity index (χ4n) is 1.87. The first kappa shape index (κ1) is 16.0. The zero-order valence-corrected chi connectivity index (χ0v) is 14.9. The van der Waals surface area contributed by atoms with Crippen molar-refractivity contribution in [3.8, 4) is 11.3 Å². The van der Waals surface area contributed by atoms with Crippen LogP contribution in [0.25, 0.3) is 11.3 Å². The Morgan fingerprint density at radius 1 is 1.09 bits per heavy atom. The quantitative estimate of drug-likeness (QED) is 0.598. The van der Waals surface area contributed by atoms with E-state index in [1.54, 1.807) is 24.3 Å². The summed E-state index contributed by atoms with van der Waals surface area (Å²) in [5.74, 6) is -0.248. The number of anilines is 1. The van der Waals surface area contributed by atoms with E-state index in [0.717, 1.165) is 15.7 Å². The summed E-state index contributed by atoms with van der Waals surface area (Å²) in [5.41, 5.74) is 7.83. The summed E-state index contributed by atoms with van der Waals surface area (Å²) >= 11 is 10.6. The first-order valence-corrected chi connectivity index (χ1v) is 8.70. The van der Waals surface area contributed by atoms with Gasteiger partial charge in [0.15, 0.2) is 0 Å². The van der Waals surface area contributed by atoms with Crippen molar-refractivity contribution < 1.29 is 4.79 Å². The van der Waals surface area contributed by atoms with Crippen LogP contribution in [-0.2, 0) is 0 Å². The second-order valence-electron chi connectivity index (χ2n) is 4.63. The Kier molecular flexibility index (Phi) is 4.95. The molecule has 7 heteroatoms. The number of aromatic nitrogens is 1. The average molecular weight is 409 g/mol. The minimum Gasteiger partial charge on any atom is -0.273 e. The van der Waals surface area contributed by atoms with Gasteiger partial charge in [0, 0.05) is 26.0 Å². The predicted molar refractivity (Wildman–Crippen MR) is 97.8 cm³/mol. The number of carbonyl (C=O) groups is 1. The number of amides is 1. The fourth-order valence-corrected chi connectivity index (χ4v) is 2.93. The molecule has 0 radical (unpaired) electrons. The molecule has 0 fully saturated rings. The zero-order valence-electron chi connectivity index (χ0n) is 11.7. The number of thiazole rings is 1. The smallest absolute Gasteiger partial charge is 0.269 e. The summed E-state index contributed by atoms with van der Waals surface area (Å²) in [7, 11) is 0. The Balaban J connectivity index is 1.64. The van der Waals surface area contributed by atoms with Crippen LogP contribution >= 0.6 is 38.9 Å². The molecule has 2 aromatic carbocycles. The Bertz CT molecular complexity index is 818. The molecule has 0 spiro atoms. The van der Waals surface area contributed by atoms with E-state index in [4.69, 9.17) is 11.6 Å². The highest BCUT2D eigenvalue weighted by Crippen LogP contribution is 2.25. The maximum absolute atomic E-state index is 12.0. The van der Waals surface area contributed by atoms with Gasteiger partial charge in [0.05, 0.1) is 5.69 Å². The summed E-state index contributed by atoms with van der Waals surface area (Å²) < 4.78 is 1.02. The highest BCUT2D eigenvalue weighted by atomic mass is 79.9. The molecule has 0 unspecified atom stereocenters. The number of rotatable bonds is 4. The van der Waals surface area contributed by atoms with E-state index in [1.807, 2.05) is 29.6 Å². The van der Waals surface area contributed by atoms with Crippen LogP contribution in [0, 0.1) is 0 Å². The molecule has 2 N–H and O–H groups in total. The summed E-state index contributed by atoms with van der Waals surface area (Å²) in [4.78, 5) is 16.4. The van der Waals surface area contributed by atoms with E-state index >= 15 is 0 Å². The zero-order chi connectivity index (χ0) is 16.2. The number of hydrazine groups is 1. The first-order chi connectivity index (χ1) is 11.1. The minimum atomic E-state index is -0.248. The SMILES string of the molecule is O=C(NNc1nc(-c2ccc(Br)cc2)cs1)c1ccc(Cl)cc1. The molecule has 0 saturated carbocycles. The molecule has 1 heterocycles. The minimum absolute atomic E-state index is 0.248. The first-order valence-electron chi connectivity index (χ1n) is 6.65. The van der Waals surface area contributed by atoms with Crippen LogP contribution in [0.3, 0.4) is 0 Å². The molecular formula is C16H11BrClN3OS. The lowest BCUT2D eigenvalue weighted by Crippen LogP contribution is -2.29. The molecule has 23 heavy (non-hydrogen) atoms. The van der Waals surface area contributed by atoms with Crippen molar-refractivity contribution in [3.05, 3.63) is 69.0 Å². The summed E-state index contributed by atoms with van der Waals surface area (Å²) in [5, 5.41) is 3.14. The van der Waals surface area contributed by atoms with Crippen LogP contribution in [0.15, 0.2) is 58.4 Å². The highest BCUT2D eigenvalue weighted by molar-refractivity contribution is 9.10. The van der Waals surface area contributed by atoms with E-state index < -0.39 is 0 Å². The van der Waals surface area contributed by atoms with E-state index in [0.29, 0.717) is 15.7 Å². The number of carbonyl (C=O) groups excluding carboxylic acids is 1. The van der Waals surface area contributed by atoms with Crippen molar-refractivity contribution in [1.29, 1.82) is 0 Å². The van der Waals surface area contributed by atoms with Crippen molar-refractivity contribution in [2.45, 2.75) is 0 Å². The van der Waals surface area contributed by atoms with Gasteiger partial charge in [-0.1, -0.05) is 39.7 Å². The van der Waals surface area contributed by atoms with Crippen molar-refractivity contribution in [2.75, 3.05) is 5.43 Å². The van der Waals surface area contributed by atoms with Gasteiger partial charge in [-0.05, 0) is 36.4 Å². The Labute approximate surface area is 150 Å². The number of nitrogens with one attached hydrogen (secondary N) is 2. The van der Waals surface area contributed by atoms with Crippen molar-refractivity contribution in [3.63, 3.8) is 0 Å². The highest BCUT2D eigenvalue weighted by Gasteiger charge is 2.07. The molecule has 0 bridgehead atoms. The van der Waals surface area contributed by atoms with E-state index in [2.05, 4.69) is 31.8 Å². The molecule has 0 atom stereocenters. The van der Waals surface area contributed by atoms with Crippen LogP contribution < -0.4 is 10.9 Å². The molecule has 3 rings (SSSR count). The summed E-state index contributed by atoms with van der Waals surface area (Å²) in [6.07, 6.45) is 0. The standard InChI is InChI=1S/C16H11BrClN3OS/c17-12-5-1-10(2-6-12)14-9-23-16(19-14)21-20-15(22)11-3-7-13(18)8-4-11/h1-9H,(H,19,21)(H,20,22). The third kappa shape index (κ3) is 4.10. The topological polar surface area (TPSA) is 54.0 Å². The molecule has 3 aromatic rings. The lowest BCUT2D eigenvalue weighted by molar-refractivity contribution is 0.0962. The number of nitrogens with zero attached hydrogens (tertiary/aromatic N) is 1. The van der Waals surface area contributed by atoms with Gasteiger partial charge in [0.1, 0.15) is 0 Å². The molecule has 4 nitrogen and oxygen atoms in total. The molecule has 0 aliphatic rings. The van der Waals surface area contributed by atoms with Crippen molar-refractivity contribution in [1.82, 2.24) is 10.4 Å². The normalized spacial score (nSPS) is 10.3. The molecule has 116 valence electrons. The summed E-state index contributed by atoms with van der Waals surface area (Å²) in [6, 6.07) is 14.6. The third-order valence-electron chi connectivity index (χ3n) is 3.03. The van der Waals surface area contributed by atoms with Gasteiger partial charge in [0.25, 0.3) is 5.91 Å². The Morgan fingerprint density at radius 3 is 2.48 bits per heavy atom. The monoisotopic (exact) mass is 407 g/mol. The fraction of sp³-hybridized carbons (Fsp3) is 0. The van der Waals surface area contributed by atoms with Crippen LogP contribution in [0.5, 0.6) is 0 Å². The van der Waals surface area contributed by atoms with Gasteiger partial charge in [-0.2, -0.15) is 0 Å². The molecule has 1 aromatic heterocycles. The molecule has 0 aliphatic heterocycles. The van der Waals surface area contributed by atoms with E-state index in [1.165, 1.54) is 11.3 Å². The number of halogens is 2. The van der Waals surface area contributed by atoms with E-state index in [9.17, 15) is 4.79 Å². The maximum Gasteiger partial charge on any atom is 0.269 e. The molecule has 0 aliphatic carbocycles. The predicted octanol–water partition coefficient (Wildman–Crippen LogP) is 4.98. The number of hydrogen-bond acceptors (Lipinski definition) is 4. The maximum atomic E-state index is 12.0. The van der Waals surface area contributed by atoms with Gasteiger partial charge >= 0.3 is 0 Å². The summed E-state index contributed by atoms with van der Waals surface area (Å²) in [6.45, 7) is 0. The van der Waals surface area contributed by atoms with Crippen molar-refractivity contribution >= 4 is 49.9 Å². The van der Waals surface area contributed by atoms with E-state index in [-0.39, 0.29) is 5.91 Å². The molecule has 0 saturated heterocycles. The molecule has 1 amide bonds. The lowest BCUT2D eigenvalue weighted by atomic mass is 10.2. The number of benzene rings is 2. The van der Waals surface area contributed by atoms with Gasteiger partial charge in [-0.3, -0.25) is 15.6 Å². The van der Waals surface area contributed by atoms with Gasteiger partial charge < -0.3 is 0 Å². The second kappa shape index (κ2) is 7.12. The second-order valence-corrected chi connectivity index (χ2v) is 6.84. The van der Waals surface area contributed by atoms with Gasteiger partial charge in [0.2, 0.25) is 5.13 Å². The number of hydrogen-bond donors (Lipinski definition) is 2. The Morgan fingerprint density at radius 2 is 1.78 bits per heavy atom.